The van der Waals surface area contributed by atoms with Gasteiger partial charge in [-0.05, 0) is 59.0 Å². The first-order chi connectivity index (χ1) is 8.63. The standard InChI is InChI=1S/C15H22INO/c1-12-3-2-8-15(9-12,11-18)17-10-13-4-6-14(16)7-5-13/h4-7,12,17-18H,2-3,8-11H2,1H3. The first-order valence-corrected chi connectivity index (χ1v) is 7.82. The van der Waals surface area contributed by atoms with Crippen LogP contribution in [-0.4, -0.2) is 17.3 Å². The van der Waals surface area contributed by atoms with E-state index < -0.39 is 0 Å². The molecule has 1 aromatic carbocycles. The third kappa shape index (κ3) is 3.68. The van der Waals surface area contributed by atoms with Crippen molar-refractivity contribution in [2.75, 3.05) is 6.61 Å². The summed E-state index contributed by atoms with van der Waals surface area (Å²) in [5.41, 5.74) is 1.24. The van der Waals surface area contributed by atoms with E-state index >= 15 is 0 Å². The SMILES string of the molecule is CC1CCCC(CO)(NCc2ccc(I)cc2)C1. The molecule has 1 aliphatic carbocycles. The second-order valence-corrected chi connectivity index (χ2v) is 6.87. The fraction of sp³-hybridized carbons (Fsp3) is 0.600. The van der Waals surface area contributed by atoms with Gasteiger partial charge in [0, 0.05) is 15.7 Å². The molecule has 0 bridgehead atoms. The predicted octanol–water partition coefficient (Wildman–Crippen LogP) is 3.32. The molecule has 1 aromatic rings. The highest BCUT2D eigenvalue weighted by Gasteiger charge is 2.33. The molecular formula is C15H22INO. The normalized spacial score (nSPS) is 28.3. The molecular weight excluding hydrogens is 337 g/mol. The van der Waals surface area contributed by atoms with Crippen LogP contribution in [0, 0.1) is 9.49 Å². The summed E-state index contributed by atoms with van der Waals surface area (Å²) in [6.45, 7) is 3.39. The number of aliphatic hydroxyl groups excluding tert-OH is 1. The highest BCUT2D eigenvalue weighted by Crippen LogP contribution is 2.32. The van der Waals surface area contributed by atoms with E-state index in [9.17, 15) is 5.11 Å². The second-order valence-electron chi connectivity index (χ2n) is 5.62. The fourth-order valence-electron chi connectivity index (χ4n) is 2.91. The maximum Gasteiger partial charge on any atom is 0.0613 e. The van der Waals surface area contributed by atoms with Gasteiger partial charge in [-0.1, -0.05) is 31.9 Å². The van der Waals surface area contributed by atoms with E-state index in [0.717, 1.165) is 25.3 Å². The van der Waals surface area contributed by atoms with Crippen LogP contribution in [0.4, 0.5) is 0 Å². The lowest BCUT2D eigenvalue weighted by Crippen LogP contribution is -2.51. The molecule has 2 rings (SSSR count). The zero-order chi connectivity index (χ0) is 13.0. The predicted molar refractivity (Wildman–Crippen MR) is 83.4 cm³/mol. The molecule has 18 heavy (non-hydrogen) atoms. The van der Waals surface area contributed by atoms with Crippen molar-refractivity contribution in [3.05, 3.63) is 33.4 Å². The summed E-state index contributed by atoms with van der Waals surface area (Å²) >= 11 is 2.32. The van der Waals surface area contributed by atoms with E-state index in [1.54, 1.807) is 0 Å². The van der Waals surface area contributed by atoms with Gasteiger partial charge < -0.3 is 10.4 Å². The molecule has 2 N–H and O–H groups in total. The van der Waals surface area contributed by atoms with Crippen LogP contribution in [0.1, 0.15) is 38.2 Å². The molecule has 1 aliphatic rings. The van der Waals surface area contributed by atoms with Crippen molar-refractivity contribution in [2.45, 2.75) is 44.7 Å². The van der Waals surface area contributed by atoms with Gasteiger partial charge in [-0.2, -0.15) is 0 Å². The van der Waals surface area contributed by atoms with Gasteiger partial charge >= 0.3 is 0 Å². The molecule has 0 aromatic heterocycles. The van der Waals surface area contributed by atoms with Crippen molar-refractivity contribution >= 4 is 22.6 Å². The van der Waals surface area contributed by atoms with Crippen LogP contribution in [0.3, 0.4) is 0 Å². The largest absolute Gasteiger partial charge is 0.394 e. The van der Waals surface area contributed by atoms with Crippen LogP contribution in [-0.2, 0) is 6.54 Å². The second kappa shape index (κ2) is 6.35. The molecule has 3 heteroatoms. The van der Waals surface area contributed by atoms with Gasteiger partial charge in [0.05, 0.1) is 6.61 Å². The number of rotatable bonds is 4. The third-order valence-electron chi connectivity index (χ3n) is 3.97. The summed E-state index contributed by atoms with van der Waals surface area (Å²) in [4.78, 5) is 0. The summed E-state index contributed by atoms with van der Waals surface area (Å²) in [6, 6.07) is 8.58. The van der Waals surface area contributed by atoms with Gasteiger partial charge in [0.1, 0.15) is 0 Å². The topological polar surface area (TPSA) is 32.3 Å². The first-order valence-electron chi connectivity index (χ1n) is 6.74. The molecule has 0 heterocycles. The molecule has 100 valence electrons. The lowest BCUT2D eigenvalue weighted by atomic mass is 9.77. The summed E-state index contributed by atoms with van der Waals surface area (Å²) in [5.74, 6) is 0.718. The van der Waals surface area contributed by atoms with Crippen molar-refractivity contribution in [1.82, 2.24) is 5.32 Å². The molecule has 2 atom stereocenters. The van der Waals surface area contributed by atoms with Crippen LogP contribution >= 0.6 is 22.6 Å². The Balaban J connectivity index is 1.96. The summed E-state index contributed by atoms with van der Waals surface area (Å²) in [7, 11) is 0. The Bertz CT molecular complexity index is 379. The maximum absolute atomic E-state index is 9.72. The monoisotopic (exact) mass is 359 g/mol. The molecule has 0 radical (unpaired) electrons. The Morgan fingerprint density at radius 1 is 1.39 bits per heavy atom. The Morgan fingerprint density at radius 3 is 2.72 bits per heavy atom. The third-order valence-corrected chi connectivity index (χ3v) is 4.69. The van der Waals surface area contributed by atoms with Crippen molar-refractivity contribution in [3.63, 3.8) is 0 Å². The molecule has 1 saturated carbocycles. The van der Waals surface area contributed by atoms with E-state index in [0.29, 0.717) is 0 Å². The Labute approximate surface area is 123 Å². The van der Waals surface area contributed by atoms with Crippen LogP contribution < -0.4 is 5.32 Å². The average Bonchev–Trinajstić information content (AvgIpc) is 2.38. The van der Waals surface area contributed by atoms with Crippen molar-refractivity contribution in [2.24, 2.45) is 5.92 Å². The van der Waals surface area contributed by atoms with Gasteiger partial charge in [0.15, 0.2) is 0 Å². The van der Waals surface area contributed by atoms with E-state index in [1.807, 2.05) is 0 Å². The highest BCUT2D eigenvalue weighted by atomic mass is 127. The lowest BCUT2D eigenvalue weighted by Gasteiger charge is -2.39. The number of hydrogen-bond donors (Lipinski definition) is 2. The smallest absolute Gasteiger partial charge is 0.0613 e. The number of benzene rings is 1. The van der Waals surface area contributed by atoms with E-state index in [2.05, 4.69) is 59.1 Å². The number of aliphatic hydroxyl groups is 1. The minimum Gasteiger partial charge on any atom is -0.394 e. The van der Waals surface area contributed by atoms with E-state index in [-0.39, 0.29) is 12.1 Å². The minimum atomic E-state index is -0.0549. The summed E-state index contributed by atoms with van der Waals surface area (Å²) < 4.78 is 1.26. The molecule has 2 nitrogen and oxygen atoms in total. The molecule has 0 saturated heterocycles. The van der Waals surface area contributed by atoms with Gasteiger partial charge in [-0.3, -0.25) is 0 Å². The van der Waals surface area contributed by atoms with Crippen LogP contribution in [0.25, 0.3) is 0 Å². The number of nitrogens with one attached hydrogen (secondary N) is 1. The van der Waals surface area contributed by atoms with Gasteiger partial charge in [0.2, 0.25) is 0 Å². The van der Waals surface area contributed by atoms with Crippen molar-refractivity contribution in [1.29, 1.82) is 0 Å². The number of hydrogen-bond acceptors (Lipinski definition) is 2. The maximum atomic E-state index is 9.72. The average molecular weight is 359 g/mol. The molecule has 0 spiro atoms. The summed E-state index contributed by atoms with van der Waals surface area (Å²) in [5, 5.41) is 13.3. The summed E-state index contributed by atoms with van der Waals surface area (Å²) in [6.07, 6.45) is 4.71. The molecule has 2 unspecified atom stereocenters. The van der Waals surface area contributed by atoms with Crippen LogP contribution in [0.2, 0.25) is 0 Å². The Hall–Kier alpha value is -0.130. The fourth-order valence-corrected chi connectivity index (χ4v) is 3.27. The zero-order valence-corrected chi connectivity index (χ0v) is 13.1. The van der Waals surface area contributed by atoms with Crippen LogP contribution in [0.15, 0.2) is 24.3 Å². The minimum absolute atomic E-state index is 0.0549. The lowest BCUT2D eigenvalue weighted by molar-refractivity contribution is 0.0982. The van der Waals surface area contributed by atoms with Gasteiger partial charge in [0.25, 0.3) is 0 Å². The highest BCUT2D eigenvalue weighted by molar-refractivity contribution is 14.1. The van der Waals surface area contributed by atoms with Gasteiger partial charge in [-0.15, -0.1) is 0 Å². The quantitative estimate of drug-likeness (QED) is 0.809. The Kier molecular flexibility index (Phi) is 5.04. The van der Waals surface area contributed by atoms with Crippen molar-refractivity contribution in [3.8, 4) is 0 Å². The Morgan fingerprint density at radius 2 is 2.11 bits per heavy atom. The zero-order valence-electron chi connectivity index (χ0n) is 11.0. The first kappa shape index (κ1) is 14.3. The van der Waals surface area contributed by atoms with Crippen LogP contribution in [0.5, 0.6) is 0 Å². The van der Waals surface area contributed by atoms with Crippen molar-refractivity contribution < 1.29 is 5.11 Å². The van der Waals surface area contributed by atoms with E-state index in [4.69, 9.17) is 0 Å². The molecule has 0 amide bonds. The van der Waals surface area contributed by atoms with Gasteiger partial charge in [-0.25, -0.2) is 0 Å². The molecule has 1 fully saturated rings. The van der Waals surface area contributed by atoms with E-state index in [1.165, 1.54) is 22.0 Å². The number of halogens is 1. The molecule has 0 aliphatic heterocycles.